The lowest BCUT2D eigenvalue weighted by Gasteiger charge is -2.35. The van der Waals surface area contributed by atoms with Crippen molar-refractivity contribution in [2.45, 2.75) is 58.8 Å². The first-order chi connectivity index (χ1) is 13.9. The predicted molar refractivity (Wildman–Crippen MR) is 110 cm³/mol. The van der Waals surface area contributed by atoms with Gasteiger partial charge in [0.2, 0.25) is 5.91 Å². The van der Waals surface area contributed by atoms with Crippen molar-refractivity contribution < 1.29 is 9.53 Å². The van der Waals surface area contributed by atoms with E-state index < -0.39 is 0 Å². The van der Waals surface area contributed by atoms with Crippen LogP contribution in [0.25, 0.3) is 15.9 Å². The molecule has 154 valence electrons. The molecule has 0 spiro atoms. The van der Waals surface area contributed by atoms with Gasteiger partial charge in [-0.1, -0.05) is 6.92 Å². The molecule has 4 heterocycles. The Labute approximate surface area is 172 Å². The van der Waals surface area contributed by atoms with Crippen LogP contribution in [0.3, 0.4) is 0 Å². The first-order valence-corrected chi connectivity index (χ1v) is 11.0. The van der Waals surface area contributed by atoms with Gasteiger partial charge in [-0.3, -0.25) is 4.79 Å². The van der Waals surface area contributed by atoms with E-state index in [1.165, 1.54) is 25.9 Å². The van der Waals surface area contributed by atoms with Crippen LogP contribution < -0.4 is 5.69 Å². The summed E-state index contributed by atoms with van der Waals surface area (Å²) in [7, 11) is 0. The number of morpholine rings is 1. The number of rotatable bonds is 2. The fourth-order valence-electron chi connectivity index (χ4n) is 4.58. The molecule has 0 aromatic carbocycles. The summed E-state index contributed by atoms with van der Waals surface area (Å²) < 4.78 is 8.45. The van der Waals surface area contributed by atoms with Crippen LogP contribution in [0.15, 0.2) is 11.1 Å². The number of aromatic nitrogens is 4. The zero-order valence-corrected chi connectivity index (χ0v) is 17.7. The van der Waals surface area contributed by atoms with Gasteiger partial charge < -0.3 is 9.64 Å². The Balaban J connectivity index is 1.52. The Morgan fingerprint density at radius 3 is 2.79 bits per heavy atom. The topological polar surface area (TPSA) is 81.7 Å². The SMILES string of the molecule is C[C@@H]1CCc2c(sc3ncn4c(=O)n(CC(=O)N5C[C@@H](C)O[C@@H](C)C5)nc4c23)C1. The van der Waals surface area contributed by atoms with Gasteiger partial charge in [-0.15, -0.1) is 16.4 Å². The standard InChI is InChI=1S/C20H25N5O3S/c1-11-4-5-14-15(6-11)29-19-17(14)18-22-25(20(27)24(18)10-21-19)9-16(26)23-7-12(2)28-13(3)8-23/h10-13H,4-9H2,1-3H3/t11-,12-,13+/m1/s1. The first kappa shape index (κ1) is 18.7. The van der Waals surface area contributed by atoms with E-state index in [0.29, 0.717) is 24.7 Å². The van der Waals surface area contributed by atoms with Crippen LogP contribution in [-0.4, -0.2) is 55.3 Å². The molecule has 1 amide bonds. The summed E-state index contributed by atoms with van der Waals surface area (Å²) >= 11 is 1.71. The van der Waals surface area contributed by atoms with Gasteiger partial charge in [0.1, 0.15) is 17.7 Å². The molecule has 1 saturated heterocycles. The molecule has 2 aliphatic rings. The summed E-state index contributed by atoms with van der Waals surface area (Å²) in [6.07, 6.45) is 4.70. The first-order valence-electron chi connectivity index (χ1n) is 10.2. The van der Waals surface area contributed by atoms with Crippen LogP contribution in [-0.2, 0) is 28.9 Å². The summed E-state index contributed by atoms with van der Waals surface area (Å²) in [4.78, 5) is 34.3. The zero-order valence-electron chi connectivity index (χ0n) is 16.9. The lowest BCUT2D eigenvalue weighted by Crippen LogP contribution is -2.49. The molecule has 9 heteroatoms. The number of thiophene rings is 1. The van der Waals surface area contributed by atoms with E-state index in [9.17, 15) is 9.59 Å². The second-order valence-corrected chi connectivity index (χ2v) is 9.55. The molecule has 0 radical (unpaired) electrons. The number of fused-ring (bicyclic) bond motifs is 5. The van der Waals surface area contributed by atoms with Crippen molar-refractivity contribution in [3.8, 4) is 0 Å². The average Bonchev–Trinajstić information content (AvgIpc) is 3.18. The summed E-state index contributed by atoms with van der Waals surface area (Å²) in [6, 6.07) is 0. The molecule has 3 aromatic heterocycles. The molecule has 3 atom stereocenters. The number of nitrogens with zero attached hydrogens (tertiary/aromatic N) is 5. The maximum absolute atomic E-state index is 12.9. The number of carbonyl (C=O) groups excluding carboxylic acids is 1. The predicted octanol–water partition coefficient (Wildman–Crippen LogP) is 1.87. The smallest absolute Gasteiger partial charge is 0.352 e. The Morgan fingerprint density at radius 1 is 1.28 bits per heavy atom. The minimum Gasteiger partial charge on any atom is -0.372 e. The fourth-order valence-corrected chi connectivity index (χ4v) is 5.92. The summed E-state index contributed by atoms with van der Waals surface area (Å²) in [6.45, 7) is 7.19. The lowest BCUT2D eigenvalue weighted by atomic mass is 9.89. The second kappa shape index (κ2) is 6.91. The Morgan fingerprint density at radius 2 is 2.03 bits per heavy atom. The Hall–Kier alpha value is -2.26. The minimum absolute atomic E-state index is 0.0102. The van der Waals surface area contributed by atoms with E-state index in [4.69, 9.17) is 4.74 Å². The molecular weight excluding hydrogens is 390 g/mol. The molecule has 8 nitrogen and oxygen atoms in total. The van der Waals surface area contributed by atoms with Gasteiger partial charge in [0, 0.05) is 18.0 Å². The van der Waals surface area contributed by atoms with Crippen LogP contribution in [0.4, 0.5) is 0 Å². The van der Waals surface area contributed by atoms with Crippen molar-refractivity contribution in [3.63, 3.8) is 0 Å². The third-order valence-electron chi connectivity index (χ3n) is 5.94. The van der Waals surface area contributed by atoms with Crippen LogP contribution in [0.2, 0.25) is 0 Å². The molecule has 0 unspecified atom stereocenters. The fraction of sp³-hybridized carbons (Fsp3) is 0.600. The maximum Gasteiger partial charge on any atom is 0.352 e. The zero-order chi connectivity index (χ0) is 20.3. The maximum atomic E-state index is 12.9. The van der Waals surface area contributed by atoms with Crippen LogP contribution in [0.5, 0.6) is 0 Å². The largest absolute Gasteiger partial charge is 0.372 e. The van der Waals surface area contributed by atoms with Gasteiger partial charge in [0.25, 0.3) is 0 Å². The Bertz CT molecular complexity index is 1150. The summed E-state index contributed by atoms with van der Waals surface area (Å²) in [5.41, 5.74) is 1.57. The average molecular weight is 416 g/mol. The van der Waals surface area contributed by atoms with E-state index in [2.05, 4.69) is 17.0 Å². The van der Waals surface area contributed by atoms with Gasteiger partial charge in [0.15, 0.2) is 5.65 Å². The monoisotopic (exact) mass is 415 g/mol. The van der Waals surface area contributed by atoms with Crippen LogP contribution >= 0.6 is 11.3 Å². The number of aryl methyl sites for hydroxylation is 1. The van der Waals surface area contributed by atoms with Gasteiger partial charge in [0.05, 0.1) is 17.6 Å². The highest BCUT2D eigenvalue weighted by atomic mass is 32.1. The molecule has 0 N–H and O–H groups in total. The number of hydrogen-bond acceptors (Lipinski definition) is 6. The minimum atomic E-state index is -0.318. The normalized spacial score (nSPS) is 24.9. The number of amides is 1. The third kappa shape index (κ3) is 3.16. The summed E-state index contributed by atoms with van der Waals surface area (Å²) in [5, 5.41) is 5.55. The third-order valence-corrected chi connectivity index (χ3v) is 7.10. The molecular formula is C20H25N5O3S. The van der Waals surface area contributed by atoms with E-state index in [1.54, 1.807) is 16.2 Å². The second-order valence-electron chi connectivity index (χ2n) is 8.47. The highest BCUT2D eigenvalue weighted by Gasteiger charge is 2.28. The van der Waals surface area contributed by atoms with E-state index in [0.717, 1.165) is 29.5 Å². The van der Waals surface area contributed by atoms with Crippen molar-refractivity contribution in [1.82, 2.24) is 24.1 Å². The van der Waals surface area contributed by atoms with E-state index >= 15 is 0 Å². The van der Waals surface area contributed by atoms with Crippen molar-refractivity contribution in [1.29, 1.82) is 0 Å². The van der Waals surface area contributed by atoms with Gasteiger partial charge in [-0.05, 0) is 44.6 Å². The quantitative estimate of drug-likeness (QED) is 0.638. The molecule has 5 rings (SSSR count). The highest BCUT2D eigenvalue weighted by molar-refractivity contribution is 7.19. The molecule has 3 aromatic rings. The lowest BCUT2D eigenvalue weighted by molar-refractivity contribution is -0.144. The van der Waals surface area contributed by atoms with Gasteiger partial charge in [-0.2, -0.15) is 0 Å². The van der Waals surface area contributed by atoms with Crippen molar-refractivity contribution in [3.05, 3.63) is 27.3 Å². The molecule has 1 aliphatic heterocycles. The number of carbonyl (C=O) groups is 1. The van der Waals surface area contributed by atoms with Crippen LogP contribution in [0, 0.1) is 5.92 Å². The van der Waals surface area contributed by atoms with Gasteiger partial charge >= 0.3 is 5.69 Å². The Kier molecular flexibility index (Phi) is 4.47. The molecule has 1 fully saturated rings. The van der Waals surface area contributed by atoms with Crippen LogP contribution in [0.1, 0.15) is 37.6 Å². The van der Waals surface area contributed by atoms with Crippen molar-refractivity contribution in [2.75, 3.05) is 13.1 Å². The molecule has 0 bridgehead atoms. The number of ether oxygens (including phenoxy) is 1. The van der Waals surface area contributed by atoms with Crippen molar-refractivity contribution in [2.24, 2.45) is 5.92 Å². The van der Waals surface area contributed by atoms with E-state index in [1.807, 2.05) is 13.8 Å². The molecule has 29 heavy (non-hydrogen) atoms. The molecule has 1 aliphatic carbocycles. The molecule has 0 saturated carbocycles. The number of hydrogen-bond donors (Lipinski definition) is 0. The van der Waals surface area contributed by atoms with E-state index in [-0.39, 0.29) is 30.3 Å². The summed E-state index contributed by atoms with van der Waals surface area (Å²) in [5.74, 6) is 0.560. The van der Waals surface area contributed by atoms with Gasteiger partial charge in [-0.25, -0.2) is 18.9 Å². The highest BCUT2D eigenvalue weighted by Crippen LogP contribution is 2.38. The van der Waals surface area contributed by atoms with Crippen molar-refractivity contribution >= 4 is 33.1 Å².